The summed E-state index contributed by atoms with van der Waals surface area (Å²) in [6.07, 6.45) is 3.26. The predicted molar refractivity (Wildman–Crippen MR) is 94.7 cm³/mol. The minimum absolute atomic E-state index is 0.493. The largest absolute Gasteiger partial charge is 0.383 e. The third-order valence-corrected chi connectivity index (χ3v) is 3.57. The van der Waals surface area contributed by atoms with Crippen LogP contribution >= 0.6 is 0 Å². The third-order valence-electron chi connectivity index (χ3n) is 3.57. The number of fused-ring (bicyclic) bond motifs is 1. The van der Waals surface area contributed by atoms with Crippen molar-refractivity contribution in [2.75, 3.05) is 30.9 Å². The second kappa shape index (κ2) is 7.18. The number of nitrogens with one attached hydrogen (secondary N) is 2. The molecular weight excluding hydrogens is 304 g/mol. The Labute approximate surface area is 140 Å². The summed E-state index contributed by atoms with van der Waals surface area (Å²) >= 11 is 0. The van der Waals surface area contributed by atoms with Crippen LogP contribution in [0.25, 0.3) is 11.2 Å². The molecule has 2 N–H and O–H groups in total. The van der Waals surface area contributed by atoms with Crippen LogP contribution in [-0.4, -0.2) is 40.2 Å². The van der Waals surface area contributed by atoms with Gasteiger partial charge >= 0.3 is 0 Å². The number of rotatable bonds is 6. The van der Waals surface area contributed by atoms with E-state index in [0.29, 0.717) is 36.1 Å². The molecule has 3 rings (SSSR count). The van der Waals surface area contributed by atoms with E-state index in [-0.39, 0.29) is 0 Å². The van der Waals surface area contributed by atoms with E-state index in [1.54, 1.807) is 19.5 Å². The highest BCUT2D eigenvalue weighted by atomic mass is 16.5. The summed E-state index contributed by atoms with van der Waals surface area (Å²) in [4.78, 5) is 17.6. The SMILES string of the molecule is COCCNc1nc(Nc2cc(C)ccc2C)c2nccnc2n1. The van der Waals surface area contributed by atoms with Crippen LogP contribution in [0.2, 0.25) is 0 Å². The Morgan fingerprint density at radius 2 is 1.92 bits per heavy atom. The molecule has 2 heterocycles. The monoisotopic (exact) mass is 324 g/mol. The maximum absolute atomic E-state index is 5.04. The van der Waals surface area contributed by atoms with Crippen LogP contribution in [0.5, 0.6) is 0 Å². The van der Waals surface area contributed by atoms with E-state index in [1.165, 1.54) is 5.56 Å². The lowest BCUT2D eigenvalue weighted by Crippen LogP contribution is -2.12. The average molecular weight is 324 g/mol. The molecule has 0 fully saturated rings. The van der Waals surface area contributed by atoms with Gasteiger partial charge in [0.15, 0.2) is 17.0 Å². The van der Waals surface area contributed by atoms with Gasteiger partial charge in [0.1, 0.15) is 0 Å². The minimum Gasteiger partial charge on any atom is -0.383 e. The molecule has 0 aliphatic heterocycles. The number of hydrogen-bond donors (Lipinski definition) is 2. The van der Waals surface area contributed by atoms with E-state index in [9.17, 15) is 0 Å². The van der Waals surface area contributed by atoms with Crippen molar-refractivity contribution in [3.63, 3.8) is 0 Å². The number of hydrogen-bond acceptors (Lipinski definition) is 7. The van der Waals surface area contributed by atoms with Gasteiger partial charge in [-0.1, -0.05) is 12.1 Å². The van der Waals surface area contributed by atoms with Crippen molar-refractivity contribution < 1.29 is 4.74 Å². The first-order chi connectivity index (χ1) is 11.7. The first-order valence-electron chi connectivity index (χ1n) is 7.73. The number of aromatic nitrogens is 4. The zero-order chi connectivity index (χ0) is 16.9. The summed E-state index contributed by atoms with van der Waals surface area (Å²) in [6, 6.07) is 6.23. The lowest BCUT2D eigenvalue weighted by Gasteiger charge is -2.13. The molecule has 1 aromatic carbocycles. The summed E-state index contributed by atoms with van der Waals surface area (Å²) in [5, 5.41) is 6.50. The zero-order valence-corrected chi connectivity index (χ0v) is 14.0. The number of methoxy groups -OCH3 is 1. The summed E-state index contributed by atoms with van der Waals surface area (Å²) in [7, 11) is 1.65. The maximum atomic E-state index is 5.04. The molecule has 0 amide bonds. The highest BCUT2D eigenvalue weighted by molar-refractivity contribution is 5.86. The first kappa shape index (κ1) is 16.1. The van der Waals surface area contributed by atoms with Gasteiger partial charge in [-0.25, -0.2) is 9.97 Å². The van der Waals surface area contributed by atoms with Crippen molar-refractivity contribution in [1.29, 1.82) is 0 Å². The molecule has 24 heavy (non-hydrogen) atoms. The Morgan fingerprint density at radius 1 is 1.08 bits per heavy atom. The smallest absolute Gasteiger partial charge is 0.226 e. The number of ether oxygens (including phenoxy) is 1. The highest BCUT2D eigenvalue weighted by Crippen LogP contribution is 2.25. The fraction of sp³-hybridized carbons (Fsp3) is 0.294. The summed E-state index contributed by atoms with van der Waals surface area (Å²) in [5.41, 5.74) is 4.47. The second-order valence-corrected chi connectivity index (χ2v) is 5.49. The molecule has 0 bridgehead atoms. The van der Waals surface area contributed by atoms with Gasteiger partial charge < -0.3 is 15.4 Å². The van der Waals surface area contributed by atoms with Crippen molar-refractivity contribution in [2.24, 2.45) is 0 Å². The van der Waals surface area contributed by atoms with Gasteiger partial charge in [0.05, 0.1) is 6.61 Å². The molecule has 0 atom stereocenters. The van der Waals surface area contributed by atoms with E-state index in [1.807, 2.05) is 0 Å². The van der Waals surface area contributed by atoms with E-state index in [2.05, 4.69) is 62.6 Å². The molecule has 3 aromatic rings. The van der Waals surface area contributed by atoms with Crippen molar-refractivity contribution in [3.05, 3.63) is 41.7 Å². The number of benzene rings is 1. The molecule has 7 heteroatoms. The fourth-order valence-electron chi connectivity index (χ4n) is 2.29. The van der Waals surface area contributed by atoms with Gasteiger partial charge in [0.25, 0.3) is 0 Å². The van der Waals surface area contributed by atoms with Crippen LogP contribution in [0.1, 0.15) is 11.1 Å². The number of nitrogens with zero attached hydrogens (tertiary/aromatic N) is 4. The molecule has 0 radical (unpaired) electrons. The first-order valence-corrected chi connectivity index (χ1v) is 7.73. The van der Waals surface area contributed by atoms with Gasteiger partial charge in [0, 0.05) is 31.7 Å². The van der Waals surface area contributed by atoms with Gasteiger partial charge in [-0.3, -0.25) is 0 Å². The van der Waals surface area contributed by atoms with Gasteiger partial charge in [-0.15, -0.1) is 0 Å². The molecule has 0 saturated carbocycles. The van der Waals surface area contributed by atoms with Crippen LogP contribution in [0.15, 0.2) is 30.6 Å². The van der Waals surface area contributed by atoms with Crippen molar-refractivity contribution >= 4 is 28.6 Å². The Kier molecular flexibility index (Phi) is 4.81. The summed E-state index contributed by atoms with van der Waals surface area (Å²) < 4.78 is 5.04. The zero-order valence-electron chi connectivity index (χ0n) is 14.0. The molecule has 7 nitrogen and oxygen atoms in total. The quantitative estimate of drug-likeness (QED) is 0.674. The molecule has 2 aromatic heterocycles. The van der Waals surface area contributed by atoms with Crippen molar-refractivity contribution in [3.8, 4) is 0 Å². The van der Waals surface area contributed by atoms with Gasteiger partial charge in [-0.05, 0) is 31.0 Å². The third kappa shape index (κ3) is 3.57. The average Bonchev–Trinajstić information content (AvgIpc) is 2.58. The molecule has 124 valence electrons. The topological polar surface area (TPSA) is 84.9 Å². The Hall–Kier alpha value is -2.80. The van der Waals surface area contributed by atoms with Crippen LogP contribution in [0.3, 0.4) is 0 Å². The summed E-state index contributed by atoms with van der Waals surface area (Å²) in [6.45, 7) is 5.29. The van der Waals surface area contributed by atoms with E-state index in [4.69, 9.17) is 4.74 Å². The van der Waals surface area contributed by atoms with Gasteiger partial charge in [0.2, 0.25) is 5.95 Å². The fourth-order valence-corrected chi connectivity index (χ4v) is 2.29. The summed E-state index contributed by atoms with van der Waals surface area (Å²) in [5.74, 6) is 1.12. The molecular formula is C17H20N6O. The Balaban J connectivity index is 1.99. The molecule has 0 unspecified atom stereocenters. The Morgan fingerprint density at radius 3 is 2.75 bits per heavy atom. The minimum atomic E-state index is 0.493. The van der Waals surface area contributed by atoms with Crippen molar-refractivity contribution in [2.45, 2.75) is 13.8 Å². The Bertz CT molecular complexity index is 852. The second-order valence-electron chi connectivity index (χ2n) is 5.49. The number of aryl methyl sites for hydroxylation is 2. The maximum Gasteiger partial charge on any atom is 0.226 e. The number of anilines is 3. The highest BCUT2D eigenvalue weighted by Gasteiger charge is 2.11. The van der Waals surface area contributed by atoms with Crippen LogP contribution in [0, 0.1) is 13.8 Å². The molecule has 0 spiro atoms. The van der Waals surface area contributed by atoms with Gasteiger partial charge in [-0.2, -0.15) is 9.97 Å². The van der Waals surface area contributed by atoms with Crippen LogP contribution in [0.4, 0.5) is 17.5 Å². The van der Waals surface area contributed by atoms with E-state index < -0.39 is 0 Å². The molecule has 0 aliphatic carbocycles. The lowest BCUT2D eigenvalue weighted by molar-refractivity contribution is 0.210. The predicted octanol–water partition coefficient (Wildman–Crippen LogP) is 2.84. The normalized spacial score (nSPS) is 10.8. The lowest BCUT2D eigenvalue weighted by atomic mass is 10.1. The van der Waals surface area contributed by atoms with E-state index >= 15 is 0 Å². The van der Waals surface area contributed by atoms with E-state index in [0.717, 1.165) is 11.3 Å². The van der Waals surface area contributed by atoms with Crippen molar-refractivity contribution in [1.82, 2.24) is 19.9 Å². The van der Waals surface area contributed by atoms with Crippen LogP contribution < -0.4 is 10.6 Å². The molecule has 0 saturated heterocycles. The standard InChI is InChI=1S/C17H20N6O/c1-11-4-5-12(2)13(10-11)21-16-14-15(19-7-6-18-14)22-17(23-16)20-8-9-24-3/h4-7,10H,8-9H2,1-3H3,(H2,19,20,21,22,23). The molecule has 0 aliphatic rings. The van der Waals surface area contributed by atoms with Crippen LogP contribution in [-0.2, 0) is 4.74 Å².